The Bertz CT molecular complexity index is 712. The number of hydrogen-bond acceptors (Lipinski definition) is 3. The third kappa shape index (κ3) is 5.00. The van der Waals surface area contributed by atoms with Crippen molar-refractivity contribution in [1.82, 2.24) is 15.2 Å². The number of anilines is 1. The number of nitrogens with one attached hydrogen (secondary N) is 2. The molecule has 0 saturated carbocycles. The van der Waals surface area contributed by atoms with E-state index in [1.165, 1.54) is 6.42 Å². The molecule has 130 valence electrons. The Hall–Kier alpha value is -2.47. The van der Waals surface area contributed by atoms with Crippen molar-refractivity contribution in [2.45, 2.75) is 25.8 Å². The molecule has 1 aliphatic heterocycles. The highest BCUT2D eigenvalue weighted by Gasteiger charge is 2.17. The first kappa shape index (κ1) is 17.4. The molecule has 6 heteroatoms. The fourth-order valence-electron chi connectivity index (χ4n) is 2.82. The summed E-state index contributed by atoms with van der Waals surface area (Å²) in [6.07, 6.45) is 5.17. The monoisotopic (exact) mass is 354 g/mol. The van der Waals surface area contributed by atoms with Gasteiger partial charge < -0.3 is 15.5 Å². The number of rotatable bonds is 4. The van der Waals surface area contributed by atoms with Gasteiger partial charge in [-0.1, -0.05) is 6.07 Å². The summed E-state index contributed by atoms with van der Waals surface area (Å²) in [5.74, 6) is 0.113. The quantitative estimate of drug-likeness (QED) is 0.826. The second kappa shape index (κ2) is 8.58. The fraction of sp³-hybridized carbons (Fsp3) is 0.316. The summed E-state index contributed by atoms with van der Waals surface area (Å²) >= 11 is 5.30. The van der Waals surface area contributed by atoms with Crippen LogP contribution in [0.4, 0.5) is 5.69 Å². The maximum Gasteiger partial charge on any atom is 0.253 e. The maximum absolute atomic E-state index is 12.5. The lowest BCUT2D eigenvalue weighted by Crippen LogP contribution is -2.35. The van der Waals surface area contributed by atoms with Gasteiger partial charge in [0.15, 0.2) is 5.11 Å². The van der Waals surface area contributed by atoms with Gasteiger partial charge in [-0.2, -0.15) is 0 Å². The maximum atomic E-state index is 12.5. The summed E-state index contributed by atoms with van der Waals surface area (Å²) in [6.45, 7) is 2.29. The second-order valence-corrected chi connectivity index (χ2v) is 6.47. The SMILES string of the molecule is O=C(c1ccc(NC(=S)NCc2ccccn2)cc1)N1CCCCC1. The van der Waals surface area contributed by atoms with Gasteiger partial charge >= 0.3 is 0 Å². The summed E-state index contributed by atoms with van der Waals surface area (Å²) in [7, 11) is 0. The van der Waals surface area contributed by atoms with E-state index in [1.54, 1.807) is 6.20 Å². The van der Waals surface area contributed by atoms with E-state index in [4.69, 9.17) is 12.2 Å². The van der Waals surface area contributed by atoms with Crippen LogP contribution in [0, 0.1) is 0 Å². The van der Waals surface area contributed by atoms with Gasteiger partial charge in [0.25, 0.3) is 5.91 Å². The fourth-order valence-corrected chi connectivity index (χ4v) is 3.01. The number of amides is 1. The highest BCUT2D eigenvalue weighted by atomic mass is 32.1. The highest BCUT2D eigenvalue weighted by Crippen LogP contribution is 2.15. The van der Waals surface area contributed by atoms with Crippen LogP contribution in [0.25, 0.3) is 0 Å². The topological polar surface area (TPSA) is 57.3 Å². The van der Waals surface area contributed by atoms with Crippen LogP contribution < -0.4 is 10.6 Å². The van der Waals surface area contributed by atoms with Gasteiger partial charge in [0.1, 0.15) is 0 Å². The predicted molar refractivity (Wildman–Crippen MR) is 103 cm³/mol. The summed E-state index contributed by atoms with van der Waals surface area (Å²) in [5.41, 5.74) is 2.50. The summed E-state index contributed by atoms with van der Waals surface area (Å²) in [6, 6.07) is 13.2. The first-order valence-electron chi connectivity index (χ1n) is 8.56. The number of aromatic nitrogens is 1. The molecule has 1 amide bonds. The Morgan fingerprint density at radius 1 is 1.08 bits per heavy atom. The molecule has 0 atom stereocenters. The minimum Gasteiger partial charge on any atom is -0.357 e. The molecule has 1 aliphatic rings. The van der Waals surface area contributed by atoms with Crippen LogP contribution in [0.3, 0.4) is 0 Å². The number of likely N-dealkylation sites (tertiary alicyclic amines) is 1. The van der Waals surface area contributed by atoms with Crippen LogP contribution in [-0.2, 0) is 6.54 Å². The standard InChI is InChI=1S/C19H22N4OS/c24-18(23-12-4-1-5-13-23)15-7-9-16(10-8-15)22-19(25)21-14-17-6-2-3-11-20-17/h2-3,6-11H,1,4-5,12-14H2,(H2,21,22,25). The Balaban J connectivity index is 1.51. The zero-order chi connectivity index (χ0) is 17.5. The zero-order valence-electron chi connectivity index (χ0n) is 14.1. The molecular weight excluding hydrogens is 332 g/mol. The number of nitrogens with zero attached hydrogens (tertiary/aromatic N) is 2. The van der Waals surface area contributed by atoms with Crippen molar-refractivity contribution in [3.05, 3.63) is 59.9 Å². The first-order chi connectivity index (χ1) is 12.2. The first-order valence-corrected chi connectivity index (χ1v) is 8.97. The normalized spacial score (nSPS) is 14.0. The highest BCUT2D eigenvalue weighted by molar-refractivity contribution is 7.80. The van der Waals surface area contributed by atoms with Gasteiger partial charge in [-0.3, -0.25) is 9.78 Å². The lowest BCUT2D eigenvalue weighted by molar-refractivity contribution is 0.0724. The molecule has 2 heterocycles. The Morgan fingerprint density at radius 3 is 2.52 bits per heavy atom. The molecule has 0 bridgehead atoms. The molecule has 0 spiro atoms. The van der Waals surface area contributed by atoms with Gasteiger partial charge in [0.2, 0.25) is 0 Å². The lowest BCUT2D eigenvalue weighted by atomic mass is 10.1. The van der Waals surface area contributed by atoms with Crippen LogP contribution in [-0.4, -0.2) is 34.0 Å². The van der Waals surface area contributed by atoms with Gasteiger partial charge in [-0.05, 0) is 67.9 Å². The number of carbonyl (C=O) groups excluding carboxylic acids is 1. The minimum atomic E-state index is 0.113. The molecule has 1 aromatic heterocycles. The smallest absolute Gasteiger partial charge is 0.253 e. The number of benzene rings is 1. The second-order valence-electron chi connectivity index (χ2n) is 6.06. The van der Waals surface area contributed by atoms with E-state index in [2.05, 4.69) is 15.6 Å². The molecule has 25 heavy (non-hydrogen) atoms. The van der Waals surface area contributed by atoms with Crippen molar-refractivity contribution >= 4 is 28.9 Å². The van der Waals surface area contributed by atoms with Crippen LogP contribution in [0.15, 0.2) is 48.7 Å². The lowest BCUT2D eigenvalue weighted by Gasteiger charge is -2.26. The molecular formula is C19H22N4OS. The molecule has 5 nitrogen and oxygen atoms in total. The van der Waals surface area contributed by atoms with Gasteiger partial charge in [-0.15, -0.1) is 0 Å². The molecule has 1 fully saturated rings. The van der Waals surface area contributed by atoms with Gasteiger partial charge in [0, 0.05) is 30.5 Å². The zero-order valence-corrected chi connectivity index (χ0v) is 14.9. The minimum absolute atomic E-state index is 0.113. The van der Waals surface area contributed by atoms with E-state index in [1.807, 2.05) is 47.4 Å². The van der Waals surface area contributed by atoms with E-state index in [-0.39, 0.29) is 5.91 Å². The van der Waals surface area contributed by atoms with E-state index in [9.17, 15) is 4.79 Å². The Morgan fingerprint density at radius 2 is 1.84 bits per heavy atom. The average Bonchev–Trinajstić information content (AvgIpc) is 2.68. The van der Waals surface area contributed by atoms with Crippen molar-refractivity contribution in [2.24, 2.45) is 0 Å². The van der Waals surface area contributed by atoms with E-state index in [0.29, 0.717) is 11.7 Å². The number of carbonyl (C=O) groups is 1. The van der Waals surface area contributed by atoms with Gasteiger partial charge in [-0.25, -0.2) is 0 Å². The molecule has 0 aliphatic carbocycles. The van der Waals surface area contributed by atoms with Crippen LogP contribution in [0.5, 0.6) is 0 Å². The van der Waals surface area contributed by atoms with Crippen LogP contribution in [0.1, 0.15) is 35.3 Å². The van der Waals surface area contributed by atoms with Crippen LogP contribution >= 0.6 is 12.2 Å². The number of hydrogen-bond donors (Lipinski definition) is 2. The molecule has 1 saturated heterocycles. The van der Waals surface area contributed by atoms with E-state index < -0.39 is 0 Å². The molecule has 1 aromatic carbocycles. The van der Waals surface area contributed by atoms with E-state index >= 15 is 0 Å². The van der Waals surface area contributed by atoms with Crippen molar-refractivity contribution in [3.63, 3.8) is 0 Å². The average molecular weight is 354 g/mol. The molecule has 2 N–H and O–H groups in total. The molecule has 0 unspecified atom stereocenters. The van der Waals surface area contributed by atoms with Crippen LogP contribution in [0.2, 0.25) is 0 Å². The summed E-state index contributed by atoms with van der Waals surface area (Å²) in [4.78, 5) is 18.6. The Labute approximate surface area is 153 Å². The van der Waals surface area contributed by atoms with Crippen molar-refractivity contribution in [1.29, 1.82) is 0 Å². The van der Waals surface area contributed by atoms with Crippen molar-refractivity contribution in [3.8, 4) is 0 Å². The van der Waals surface area contributed by atoms with Crippen molar-refractivity contribution < 1.29 is 4.79 Å². The number of pyridine rings is 1. The summed E-state index contributed by atoms with van der Waals surface area (Å²) in [5, 5.41) is 6.77. The largest absolute Gasteiger partial charge is 0.357 e. The summed E-state index contributed by atoms with van der Waals surface area (Å²) < 4.78 is 0. The number of thiocarbonyl (C=S) groups is 1. The molecule has 3 rings (SSSR count). The number of piperidine rings is 1. The molecule has 0 radical (unpaired) electrons. The van der Waals surface area contributed by atoms with E-state index in [0.717, 1.165) is 42.9 Å². The Kier molecular flexibility index (Phi) is 5.95. The third-order valence-electron chi connectivity index (χ3n) is 4.19. The van der Waals surface area contributed by atoms with Gasteiger partial charge in [0.05, 0.1) is 12.2 Å². The third-order valence-corrected chi connectivity index (χ3v) is 4.44. The molecule has 2 aromatic rings. The predicted octanol–water partition coefficient (Wildman–Crippen LogP) is 3.19. The van der Waals surface area contributed by atoms with Crippen molar-refractivity contribution in [2.75, 3.05) is 18.4 Å².